The molecule has 0 bridgehead atoms. The average molecular weight is 303 g/mol. The highest BCUT2D eigenvalue weighted by Gasteiger charge is 2.08. The van der Waals surface area contributed by atoms with Crippen LogP contribution in [0.2, 0.25) is 0 Å². The number of benzene rings is 1. The van der Waals surface area contributed by atoms with E-state index in [1.807, 2.05) is 0 Å². The van der Waals surface area contributed by atoms with Crippen LogP contribution < -0.4 is 15.4 Å². The first-order chi connectivity index (χ1) is 10.6. The maximum atomic E-state index is 11.9. The third-order valence-electron chi connectivity index (χ3n) is 2.83. The van der Waals surface area contributed by atoms with E-state index >= 15 is 0 Å². The van der Waals surface area contributed by atoms with Crippen LogP contribution in [0.25, 0.3) is 0 Å². The summed E-state index contributed by atoms with van der Waals surface area (Å²) in [6.07, 6.45) is 0.706. The minimum absolute atomic E-state index is 0.136. The summed E-state index contributed by atoms with van der Waals surface area (Å²) in [6.45, 7) is 1.44. The monoisotopic (exact) mass is 303 g/mol. The highest BCUT2D eigenvalue weighted by molar-refractivity contribution is 5.92. The fraction of sp³-hybridized carbons (Fsp3) is 0.267. The lowest BCUT2D eigenvalue weighted by Gasteiger charge is -2.06. The molecule has 0 aliphatic rings. The number of methoxy groups -OCH3 is 1. The van der Waals surface area contributed by atoms with Crippen molar-refractivity contribution < 1.29 is 18.8 Å². The molecule has 0 aliphatic heterocycles. The Bertz CT molecular complexity index is 649. The number of rotatable bonds is 6. The highest BCUT2D eigenvalue weighted by Crippen LogP contribution is 2.15. The smallest absolute Gasteiger partial charge is 0.254 e. The second-order valence-corrected chi connectivity index (χ2v) is 4.64. The summed E-state index contributed by atoms with van der Waals surface area (Å²) in [5, 5.41) is 9.09. The molecule has 0 fully saturated rings. The van der Waals surface area contributed by atoms with Gasteiger partial charge in [0.25, 0.3) is 5.88 Å². The molecule has 0 radical (unpaired) electrons. The molecule has 2 aromatic rings. The Morgan fingerprint density at radius 1 is 1.18 bits per heavy atom. The van der Waals surface area contributed by atoms with Crippen molar-refractivity contribution in [1.82, 2.24) is 5.16 Å². The van der Waals surface area contributed by atoms with E-state index in [1.54, 1.807) is 30.3 Å². The number of hydrogen-bond donors (Lipinski definition) is 2. The quantitative estimate of drug-likeness (QED) is 0.853. The van der Waals surface area contributed by atoms with Gasteiger partial charge in [-0.2, -0.15) is 0 Å². The van der Waals surface area contributed by atoms with Crippen molar-refractivity contribution >= 4 is 23.2 Å². The molecular formula is C15H17N3O4. The summed E-state index contributed by atoms with van der Waals surface area (Å²) in [6, 6.07) is 8.54. The highest BCUT2D eigenvalue weighted by atomic mass is 16.5. The minimum atomic E-state index is -0.140. The standard InChI is InChI=1S/C15H17N3O4/c1-10(19)16-11-3-5-12(6-4-11)17-14(20)8-7-13-9-15(21-2)18-22-13/h3-6,9H,7-8H2,1-2H3,(H,16,19)(H,17,20). The molecule has 2 amide bonds. The third-order valence-corrected chi connectivity index (χ3v) is 2.83. The summed E-state index contributed by atoms with van der Waals surface area (Å²) >= 11 is 0. The van der Waals surface area contributed by atoms with Crippen molar-refractivity contribution in [2.45, 2.75) is 19.8 Å². The number of carbonyl (C=O) groups is 2. The second-order valence-electron chi connectivity index (χ2n) is 4.64. The van der Waals surface area contributed by atoms with Crippen LogP contribution in [0.15, 0.2) is 34.9 Å². The van der Waals surface area contributed by atoms with Gasteiger partial charge < -0.3 is 19.9 Å². The molecule has 7 nitrogen and oxygen atoms in total. The predicted molar refractivity (Wildman–Crippen MR) is 80.8 cm³/mol. The summed E-state index contributed by atoms with van der Waals surface area (Å²) < 4.78 is 9.91. The molecular weight excluding hydrogens is 286 g/mol. The lowest BCUT2D eigenvalue weighted by atomic mass is 10.2. The van der Waals surface area contributed by atoms with Crippen molar-refractivity contribution in [1.29, 1.82) is 0 Å². The van der Waals surface area contributed by atoms with Crippen LogP contribution in [0.3, 0.4) is 0 Å². The summed E-state index contributed by atoms with van der Waals surface area (Å²) in [7, 11) is 1.50. The topological polar surface area (TPSA) is 93.5 Å². The van der Waals surface area contributed by atoms with Crippen LogP contribution in [0.4, 0.5) is 11.4 Å². The Morgan fingerprint density at radius 2 is 1.82 bits per heavy atom. The number of hydrogen-bond acceptors (Lipinski definition) is 5. The average Bonchev–Trinajstić information content (AvgIpc) is 2.95. The van der Waals surface area contributed by atoms with Crippen molar-refractivity contribution in [3.63, 3.8) is 0 Å². The zero-order valence-electron chi connectivity index (χ0n) is 12.4. The first-order valence-corrected chi connectivity index (χ1v) is 6.74. The lowest BCUT2D eigenvalue weighted by molar-refractivity contribution is -0.116. The molecule has 0 saturated carbocycles. The van der Waals surface area contributed by atoms with Gasteiger partial charge in [0.2, 0.25) is 11.8 Å². The van der Waals surface area contributed by atoms with Gasteiger partial charge in [-0.15, -0.1) is 0 Å². The van der Waals surface area contributed by atoms with Gasteiger partial charge in [-0.3, -0.25) is 9.59 Å². The molecule has 116 valence electrons. The Balaban J connectivity index is 1.82. The van der Waals surface area contributed by atoms with Crippen LogP contribution in [0.5, 0.6) is 5.88 Å². The van der Waals surface area contributed by atoms with E-state index in [9.17, 15) is 9.59 Å². The predicted octanol–water partition coefficient (Wildman–Crippen LogP) is 2.21. The molecule has 7 heteroatoms. The molecule has 0 atom stereocenters. The Hall–Kier alpha value is -2.83. The number of carbonyl (C=O) groups excluding carboxylic acids is 2. The molecule has 2 N–H and O–H groups in total. The minimum Gasteiger partial charge on any atom is -0.479 e. The molecule has 1 aromatic carbocycles. The van der Waals surface area contributed by atoms with Crippen LogP contribution in [-0.4, -0.2) is 24.1 Å². The van der Waals surface area contributed by atoms with E-state index in [0.29, 0.717) is 29.4 Å². The number of anilines is 2. The van der Waals surface area contributed by atoms with Crippen LogP contribution in [-0.2, 0) is 16.0 Å². The largest absolute Gasteiger partial charge is 0.479 e. The molecule has 22 heavy (non-hydrogen) atoms. The zero-order valence-corrected chi connectivity index (χ0v) is 12.4. The van der Waals surface area contributed by atoms with E-state index in [0.717, 1.165) is 0 Å². The van der Waals surface area contributed by atoms with Gasteiger partial charge in [0, 0.05) is 37.2 Å². The molecule has 0 spiro atoms. The zero-order chi connectivity index (χ0) is 15.9. The number of nitrogens with zero attached hydrogens (tertiary/aromatic N) is 1. The number of aromatic nitrogens is 1. The van der Waals surface area contributed by atoms with Gasteiger partial charge in [-0.25, -0.2) is 0 Å². The Labute approximate surface area is 127 Å². The Kier molecular flexibility index (Phi) is 5.13. The van der Waals surface area contributed by atoms with Gasteiger partial charge in [-0.1, -0.05) is 0 Å². The second kappa shape index (κ2) is 7.26. The van der Waals surface area contributed by atoms with E-state index in [-0.39, 0.29) is 18.2 Å². The number of nitrogens with one attached hydrogen (secondary N) is 2. The maximum absolute atomic E-state index is 11.9. The molecule has 1 heterocycles. The lowest BCUT2D eigenvalue weighted by Crippen LogP contribution is -2.12. The van der Waals surface area contributed by atoms with Crippen molar-refractivity contribution in [2.24, 2.45) is 0 Å². The van der Waals surface area contributed by atoms with Gasteiger partial charge >= 0.3 is 0 Å². The number of ether oxygens (including phenoxy) is 1. The molecule has 2 rings (SSSR count). The van der Waals surface area contributed by atoms with Crippen molar-refractivity contribution in [2.75, 3.05) is 17.7 Å². The molecule has 0 saturated heterocycles. The number of aryl methyl sites for hydroxylation is 1. The van der Waals surface area contributed by atoms with Crippen LogP contribution >= 0.6 is 0 Å². The molecule has 1 aromatic heterocycles. The van der Waals surface area contributed by atoms with Crippen molar-refractivity contribution in [3.05, 3.63) is 36.1 Å². The molecule has 0 aliphatic carbocycles. The summed E-state index contributed by atoms with van der Waals surface area (Å²) in [5.74, 6) is 0.707. The first kappa shape index (κ1) is 15.6. The van der Waals surface area contributed by atoms with Gasteiger partial charge in [-0.05, 0) is 29.4 Å². The fourth-order valence-electron chi connectivity index (χ4n) is 1.81. The normalized spacial score (nSPS) is 10.1. The van der Waals surface area contributed by atoms with E-state index in [4.69, 9.17) is 9.26 Å². The fourth-order valence-corrected chi connectivity index (χ4v) is 1.81. The summed E-state index contributed by atoms with van der Waals surface area (Å²) in [5.41, 5.74) is 1.34. The SMILES string of the molecule is COc1cc(CCC(=O)Nc2ccc(NC(C)=O)cc2)on1. The van der Waals surface area contributed by atoms with E-state index < -0.39 is 0 Å². The number of amides is 2. The van der Waals surface area contributed by atoms with Crippen LogP contribution in [0, 0.1) is 0 Å². The van der Waals surface area contributed by atoms with Gasteiger partial charge in [0.15, 0.2) is 0 Å². The van der Waals surface area contributed by atoms with E-state index in [1.165, 1.54) is 14.0 Å². The Morgan fingerprint density at radius 3 is 2.36 bits per heavy atom. The first-order valence-electron chi connectivity index (χ1n) is 6.74. The molecule has 0 unspecified atom stereocenters. The maximum Gasteiger partial charge on any atom is 0.254 e. The third kappa shape index (κ3) is 4.62. The van der Waals surface area contributed by atoms with Crippen LogP contribution in [0.1, 0.15) is 19.1 Å². The van der Waals surface area contributed by atoms with Gasteiger partial charge in [0.05, 0.1) is 7.11 Å². The summed E-state index contributed by atoms with van der Waals surface area (Å²) in [4.78, 5) is 22.8. The van der Waals surface area contributed by atoms with Gasteiger partial charge in [0.1, 0.15) is 5.76 Å². The van der Waals surface area contributed by atoms with Crippen molar-refractivity contribution in [3.8, 4) is 5.88 Å². The van der Waals surface area contributed by atoms with E-state index in [2.05, 4.69) is 15.8 Å².